The molecule has 27 heavy (non-hydrogen) atoms. The van der Waals surface area contributed by atoms with Crippen molar-refractivity contribution < 1.29 is 9.47 Å². The van der Waals surface area contributed by atoms with Crippen molar-refractivity contribution in [3.05, 3.63) is 30.1 Å². The van der Waals surface area contributed by atoms with Crippen LogP contribution < -0.4 is 5.32 Å². The predicted molar refractivity (Wildman–Crippen MR) is 119 cm³/mol. The van der Waals surface area contributed by atoms with Gasteiger partial charge in [-0.25, -0.2) is 0 Å². The number of likely N-dealkylation sites (tertiary alicyclic amines) is 1. The summed E-state index contributed by atoms with van der Waals surface area (Å²) < 4.78 is 11.9. The number of piperidine rings is 1. The lowest BCUT2D eigenvalue weighted by atomic mass is 10.1. The van der Waals surface area contributed by atoms with Gasteiger partial charge < -0.3 is 19.7 Å². The molecule has 3 rings (SSSR count). The van der Waals surface area contributed by atoms with E-state index in [1.54, 1.807) is 0 Å². The summed E-state index contributed by atoms with van der Waals surface area (Å²) in [6.07, 6.45) is 9.11. The third-order valence-electron chi connectivity index (χ3n) is 5.14. The first-order valence-electron chi connectivity index (χ1n) is 9.94. The molecule has 1 aromatic rings. The van der Waals surface area contributed by atoms with Crippen molar-refractivity contribution in [1.29, 1.82) is 0 Å². The lowest BCUT2D eigenvalue weighted by Gasteiger charge is -2.35. The van der Waals surface area contributed by atoms with Crippen LogP contribution in [0.1, 0.15) is 37.8 Å². The van der Waals surface area contributed by atoms with Crippen molar-refractivity contribution in [2.45, 2.75) is 50.7 Å². The van der Waals surface area contributed by atoms with E-state index in [9.17, 15) is 0 Å². The molecule has 2 aliphatic heterocycles. The molecule has 0 aliphatic carbocycles. The van der Waals surface area contributed by atoms with Gasteiger partial charge in [0.1, 0.15) is 0 Å². The number of hydrogen-bond donors (Lipinski definition) is 1. The quantitative estimate of drug-likeness (QED) is 0.379. The Morgan fingerprint density at radius 1 is 1.30 bits per heavy atom. The number of rotatable bonds is 6. The van der Waals surface area contributed by atoms with Crippen LogP contribution in [0.15, 0.2) is 29.4 Å². The van der Waals surface area contributed by atoms with Crippen LogP contribution in [0.25, 0.3) is 0 Å². The highest BCUT2D eigenvalue weighted by atomic mass is 127. The van der Waals surface area contributed by atoms with Crippen LogP contribution in [0.3, 0.4) is 0 Å². The third kappa shape index (κ3) is 7.54. The fraction of sp³-hybridized carbons (Fsp3) is 0.700. The van der Waals surface area contributed by atoms with Gasteiger partial charge in [-0.3, -0.25) is 9.98 Å². The number of nitrogens with zero attached hydrogens (tertiary/aromatic N) is 3. The maximum absolute atomic E-state index is 6.10. The highest BCUT2D eigenvalue weighted by Crippen LogP contribution is 2.17. The Hall–Kier alpha value is -0.930. The van der Waals surface area contributed by atoms with E-state index in [4.69, 9.17) is 9.47 Å². The molecule has 0 radical (unpaired) electrons. The van der Waals surface area contributed by atoms with Crippen LogP contribution >= 0.6 is 24.0 Å². The topological polar surface area (TPSA) is 59.0 Å². The van der Waals surface area contributed by atoms with Gasteiger partial charge in [0.05, 0.1) is 18.8 Å². The second-order valence-corrected chi connectivity index (χ2v) is 7.05. The second-order valence-electron chi connectivity index (χ2n) is 7.05. The number of guanidine groups is 1. The van der Waals surface area contributed by atoms with Crippen LogP contribution in [-0.4, -0.2) is 67.9 Å². The lowest BCUT2D eigenvalue weighted by Crippen LogP contribution is -2.47. The van der Waals surface area contributed by atoms with Gasteiger partial charge in [0.25, 0.3) is 0 Å². The molecule has 0 saturated carbocycles. The van der Waals surface area contributed by atoms with Crippen LogP contribution in [0.4, 0.5) is 0 Å². The summed E-state index contributed by atoms with van der Waals surface area (Å²) in [5, 5.41) is 3.46. The van der Waals surface area contributed by atoms with Crippen LogP contribution in [0.5, 0.6) is 0 Å². The van der Waals surface area contributed by atoms with Gasteiger partial charge in [0.15, 0.2) is 5.96 Å². The number of pyridine rings is 1. The van der Waals surface area contributed by atoms with Gasteiger partial charge >= 0.3 is 0 Å². The number of ether oxygens (including phenoxy) is 2. The Labute approximate surface area is 180 Å². The highest BCUT2D eigenvalue weighted by molar-refractivity contribution is 14.0. The maximum Gasteiger partial charge on any atom is 0.193 e. The molecule has 2 fully saturated rings. The molecule has 2 saturated heterocycles. The molecular weight excluding hydrogens is 455 g/mol. The number of halogens is 1. The van der Waals surface area contributed by atoms with Crippen molar-refractivity contribution >= 4 is 29.9 Å². The average Bonchev–Trinajstić information content (AvgIpc) is 2.72. The Morgan fingerprint density at radius 3 is 2.81 bits per heavy atom. The normalized spacial score (nSPS) is 21.6. The van der Waals surface area contributed by atoms with Crippen LogP contribution in [0.2, 0.25) is 0 Å². The maximum atomic E-state index is 6.10. The molecule has 1 N–H and O–H groups in total. The average molecular weight is 488 g/mol. The summed E-state index contributed by atoms with van der Waals surface area (Å²) in [4.78, 5) is 11.1. The zero-order chi connectivity index (χ0) is 18.0. The van der Waals surface area contributed by atoms with Crippen molar-refractivity contribution in [3.8, 4) is 0 Å². The van der Waals surface area contributed by atoms with Crippen LogP contribution in [-0.2, 0) is 15.9 Å². The largest absolute Gasteiger partial charge is 0.376 e. The number of nitrogens with one attached hydrogen (secondary N) is 1. The fourth-order valence-corrected chi connectivity index (χ4v) is 3.60. The minimum Gasteiger partial charge on any atom is -0.376 e. The Balaban J connectivity index is 0.00000261. The minimum absolute atomic E-state index is 0. The van der Waals surface area contributed by atoms with E-state index in [2.05, 4.69) is 26.3 Å². The first kappa shape index (κ1) is 22.4. The van der Waals surface area contributed by atoms with E-state index < -0.39 is 0 Å². The Bertz CT molecular complexity index is 544. The van der Waals surface area contributed by atoms with Crippen molar-refractivity contribution in [1.82, 2.24) is 15.2 Å². The van der Waals surface area contributed by atoms with Gasteiger partial charge in [0.2, 0.25) is 0 Å². The molecule has 7 heteroatoms. The summed E-state index contributed by atoms with van der Waals surface area (Å²) in [5.41, 5.74) is 1.10. The summed E-state index contributed by atoms with van der Waals surface area (Å²) in [6.45, 7) is 4.46. The Kier molecular flexibility index (Phi) is 10.4. The molecule has 1 atom stereocenters. The molecule has 0 amide bonds. The number of aromatic nitrogens is 1. The van der Waals surface area contributed by atoms with Crippen molar-refractivity contribution in [2.75, 3.05) is 39.9 Å². The molecule has 1 aromatic heterocycles. The van der Waals surface area contributed by atoms with Crippen molar-refractivity contribution in [2.24, 2.45) is 4.99 Å². The third-order valence-corrected chi connectivity index (χ3v) is 5.14. The minimum atomic E-state index is 0. The monoisotopic (exact) mass is 488 g/mol. The highest BCUT2D eigenvalue weighted by Gasteiger charge is 2.23. The molecule has 3 heterocycles. The number of aliphatic imine (C=N–C) groups is 1. The van der Waals surface area contributed by atoms with Gasteiger partial charge in [0, 0.05) is 51.6 Å². The van der Waals surface area contributed by atoms with E-state index >= 15 is 0 Å². The zero-order valence-corrected chi connectivity index (χ0v) is 18.6. The molecule has 0 spiro atoms. The standard InChI is InChI=1S/C20H32N4O2.HI/c1-21-20(23-12-8-17-6-2-4-11-22-17)24-13-9-18(10-14-24)26-16-19-7-3-5-15-25-19;/h2,4,6,11,18-19H,3,5,7-10,12-16H2,1H3,(H,21,23);1H. The molecular formula is C20H33IN4O2. The molecule has 0 bridgehead atoms. The van der Waals surface area contributed by atoms with E-state index in [-0.39, 0.29) is 24.0 Å². The Morgan fingerprint density at radius 2 is 2.15 bits per heavy atom. The molecule has 152 valence electrons. The fourth-order valence-electron chi connectivity index (χ4n) is 3.60. The van der Waals surface area contributed by atoms with E-state index in [1.807, 2.05) is 25.4 Å². The summed E-state index contributed by atoms with van der Waals surface area (Å²) in [5.74, 6) is 0.981. The van der Waals surface area contributed by atoms with Crippen molar-refractivity contribution in [3.63, 3.8) is 0 Å². The first-order valence-corrected chi connectivity index (χ1v) is 9.94. The molecule has 0 aromatic carbocycles. The zero-order valence-electron chi connectivity index (χ0n) is 16.3. The van der Waals surface area contributed by atoms with Gasteiger partial charge in [-0.05, 0) is 44.2 Å². The predicted octanol–water partition coefficient (Wildman–Crippen LogP) is 2.87. The first-order chi connectivity index (χ1) is 12.8. The molecule has 2 aliphatic rings. The van der Waals surface area contributed by atoms with E-state index in [0.717, 1.165) is 70.2 Å². The molecule has 1 unspecified atom stereocenters. The second kappa shape index (κ2) is 12.5. The SMILES string of the molecule is CN=C(NCCc1ccccn1)N1CCC(OCC2CCCCO2)CC1.I. The van der Waals surface area contributed by atoms with Crippen LogP contribution in [0, 0.1) is 0 Å². The van der Waals surface area contributed by atoms with E-state index in [0.29, 0.717) is 12.2 Å². The smallest absolute Gasteiger partial charge is 0.193 e. The summed E-state index contributed by atoms with van der Waals surface area (Å²) in [7, 11) is 1.85. The molecule has 6 nitrogen and oxygen atoms in total. The lowest BCUT2D eigenvalue weighted by molar-refractivity contribution is -0.0721. The van der Waals surface area contributed by atoms with Gasteiger partial charge in [-0.2, -0.15) is 0 Å². The van der Waals surface area contributed by atoms with Gasteiger partial charge in [-0.1, -0.05) is 6.07 Å². The summed E-state index contributed by atoms with van der Waals surface area (Å²) in [6, 6.07) is 6.03. The number of hydrogen-bond acceptors (Lipinski definition) is 4. The van der Waals surface area contributed by atoms with Gasteiger partial charge in [-0.15, -0.1) is 24.0 Å². The summed E-state index contributed by atoms with van der Waals surface area (Å²) >= 11 is 0. The van der Waals surface area contributed by atoms with E-state index in [1.165, 1.54) is 12.8 Å².